The third-order valence-electron chi connectivity index (χ3n) is 3.85. The van der Waals surface area contributed by atoms with Crippen LogP contribution in [0.2, 0.25) is 0 Å². The van der Waals surface area contributed by atoms with E-state index in [4.69, 9.17) is 14.2 Å². The lowest BCUT2D eigenvalue weighted by molar-refractivity contribution is -0.132. The van der Waals surface area contributed by atoms with E-state index in [1.165, 1.54) is 0 Å². The molecule has 0 bridgehead atoms. The normalized spacial score (nSPS) is 14.1. The van der Waals surface area contributed by atoms with Crippen molar-refractivity contribution in [1.82, 2.24) is 10.2 Å². The van der Waals surface area contributed by atoms with E-state index >= 15 is 0 Å². The molecule has 1 saturated heterocycles. The van der Waals surface area contributed by atoms with Gasteiger partial charge in [0.05, 0.1) is 13.7 Å². The second-order valence-corrected chi connectivity index (χ2v) is 5.53. The first-order valence-corrected chi connectivity index (χ1v) is 8.01. The number of carbonyl (C=O) groups excluding carboxylic acids is 1. The van der Waals surface area contributed by atoms with Crippen molar-refractivity contribution in [2.45, 2.75) is 19.4 Å². The SMILES string of the molecule is COCCNCc1ccc(OCC(=O)N2CCCC2)c(OC)c1. The molecule has 0 spiro atoms. The molecule has 0 atom stereocenters. The maximum Gasteiger partial charge on any atom is 0.260 e. The summed E-state index contributed by atoms with van der Waals surface area (Å²) >= 11 is 0. The van der Waals surface area contributed by atoms with Crippen molar-refractivity contribution in [3.05, 3.63) is 23.8 Å². The highest BCUT2D eigenvalue weighted by molar-refractivity contribution is 5.78. The Morgan fingerprint density at radius 3 is 2.70 bits per heavy atom. The van der Waals surface area contributed by atoms with Gasteiger partial charge in [-0.3, -0.25) is 4.79 Å². The van der Waals surface area contributed by atoms with E-state index in [1.807, 2.05) is 23.1 Å². The number of nitrogens with one attached hydrogen (secondary N) is 1. The quantitative estimate of drug-likeness (QED) is 0.697. The summed E-state index contributed by atoms with van der Waals surface area (Å²) in [5, 5.41) is 3.28. The molecule has 0 aliphatic carbocycles. The Balaban J connectivity index is 1.86. The van der Waals surface area contributed by atoms with E-state index in [-0.39, 0.29) is 12.5 Å². The summed E-state index contributed by atoms with van der Waals surface area (Å²) in [6.07, 6.45) is 2.17. The number of nitrogens with zero attached hydrogens (tertiary/aromatic N) is 1. The Kier molecular flexibility index (Phi) is 7.16. The van der Waals surface area contributed by atoms with Gasteiger partial charge in [-0.15, -0.1) is 0 Å². The molecule has 0 aromatic heterocycles. The largest absolute Gasteiger partial charge is 0.493 e. The molecule has 0 unspecified atom stereocenters. The molecule has 1 aromatic rings. The second-order valence-electron chi connectivity index (χ2n) is 5.53. The summed E-state index contributed by atoms with van der Waals surface area (Å²) < 4.78 is 16.0. The van der Waals surface area contributed by atoms with Crippen LogP contribution in [0.15, 0.2) is 18.2 Å². The summed E-state index contributed by atoms with van der Waals surface area (Å²) in [6.45, 7) is 3.93. The van der Waals surface area contributed by atoms with Crippen molar-refractivity contribution in [2.75, 3.05) is 47.1 Å². The minimum atomic E-state index is 0.0369. The average molecular weight is 322 g/mol. The van der Waals surface area contributed by atoms with Gasteiger partial charge in [0.2, 0.25) is 0 Å². The van der Waals surface area contributed by atoms with Crippen LogP contribution < -0.4 is 14.8 Å². The van der Waals surface area contributed by atoms with Gasteiger partial charge in [0.1, 0.15) is 0 Å². The smallest absolute Gasteiger partial charge is 0.260 e. The molecule has 0 saturated carbocycles. The van der Waals surface area contributed by atoms with E-state index in [0.29, 0.717) is 18.1 Å². The van der Waals surface area contributed by atoms with Crippen LogP contribution in [0, 0.1) is 0 Å². The number of amides is 1. The van der Waals surface area contributed by atoms with Gasteiger partial charge in [-0.05, 0) is 30.5 Å². The number of rotatable bonds is 9. The third-order valence-corrected chi connectivity index (χ3v) is 3.85. The average Bonchev–Trinajstić information content (AvgIpc) is 3.11. The van der Waals surface area contributed by atoms with Crippen molar-refractivity contribution in [1.29, 1.82) is 0 Å². The molecular formula is C17H26N2O4. The van der Waals surface area contributed by atoms with Crippen LogP contribution in [0.4, 0.5) is 0 Å². The number of likely N-dealkylation sites (tertiary alicyclic amines) is 1. The lowest BCUT2D eigenvalue weighted by atomic mass is 10.2. The molecule has 128 valence electrons. The summed E-state index contributed by atoms with van der Waals surface area (Å²) in [7, 11) is 3.28. The highest BCUT2D eigenvalue weighted by Crippen LogP contribution is 2.28. The van der Waals surface area contributed by atoms with Gasteiger partial charge in [-0.1, -0.05) is 6.07 Å². The molecule has 1 aromatic carbocycles. The second kappa shape index (κ2) is 9.37. The van der Waals surface area contributed by atoms with Gasteiger partial charge >= 0.3 is 0 Å². The highest BCUT2D eigenvalue weighted by Gasteiger charge is 2.18. The van der Waals surface area contributed by atoms with Crippen molar-refractivity contribution >= 4 is 5.91 Å². The molecule has 0 radical (unpaired) electrons. The molecule has 1 aliphatic heterocycles. The van der Waals surface area contributed by atoms with Crippen LogP contribution in [-0.4, -0.2) is 57.9 Å². The number of carbonyl (C=O) groups is 1. The van der Waals surface area contributed by atoms with E-state index in [1.54, 1.807) is 14.2 Å². The van der Waals surface area contributed by atoms with Crippen LogP contribution in [0.1, 0.15) is 18.4 Å². The Hall–Kier alpha value is -1.79. The molecule has 1 aliphatic rings. The van der Waals surface area contributed by atoms with Crippen LogP contribution >= 0.6 is 0 Å². The minimum Gasteiger partial charge on any atom is -0.493 e. The van der Waals surface area contributed by atoms with Crippen molar-refractivity contribution in [3.63, 3.8) is 0 Å². The van der Waals surface area contributed by atoms with Gasteiger partial charge in [0, 0.05) is 33.3 Å². The zero-order valence-corrected chi connectivity index (χ0v) is 14.0. The molecule has 1 N–H and O–H groups in total. The molecule has 6 nitrogen and oxygen atoms in total. The topological polar surface area (TPSA) is 60.0 Å². The third kappa shape index (κ3) is 5.41. The Morgan fingerprint density at radius 2 is 2.00 bits per heavy atom. The Labute approximate surface area is 137 Å². The first-order valence-electron chi connectivity index (χ1n) is 8.01. The van der Waals surface area contributed by atoms with Gasteiger partial charge in [-0.25, -0.2) is 0 Å². The molecule has 2 rings (SSSR count). The number of ether oxygens (including phenoxy) is 3. The van der Waals surface area contributed by atoms with Crippen molar-refractivity contribution < 1.29 is 19.0 Å². The number of methoxy groups -OCH3 is 2. The van der Waals surface area contributed by atoms with Gasteiger partial charge < -0.3 is 24.4 Å². The lowest BCUT2D eigenvalue weighted by Crippen LogP contribution is -2.32. The maximum absolute atomic E-state index is 12.0. The highest BCUT2D eigenvalue weighted by atomic mass is 16.5. The zero-order chi connectivity index (χ0) is 16.5. The van der Waals surface area contributed by atoms with E-state index in [2.05, 4.69) is 5.32 Å². The van der Waals surface area contributed by atoms with Crippen LogP contribution in [0.3, 0.4) is 0 Å². The number of hydrogen-bond donors (Lipinski definition) is 1. The molecule has 23 heavy (non-hydrogen) atoms. The Morgan fingerprint density at radius 1 is 1.22 bits per heavy atom. The van der Waals surface area contributed by atoms with Crippen LogP contribution in [0.5, 0.6) is 11.5 Å². The lowest BCUT2D eigenvalue weighted by Gasteiger charge is -2.17. The molecular weight excluding hydrogens is 296 g/mol. The maximum atomic E-state index is 12.0. The predicted octanol–water partition coefficient (Wildman–Crippen LogP) is 1.43. The van der Waals surface area contributed by atoms with Crippen molar-refractivity contribution in [3.8, 4) is 11.5 Å². The Bertz CT molecular complexity index is 501. The number of hydrogen-bond acceptors (Lipinski definition) is 5. The summed E-state index contributed by atoms with van der Waals surface area (Å²) in [6, 6.07) is 5.75. The van der Waals surface area contributed by atoms with Gasteiger partial charge in [-0.2, -0.15) is 0 Å². The molecule has 1 amide bonds. The fourth-order valence-electron chi connectivity index (χ4n) is 2.55. The summed E-state index contributed by atoms with van der Waals surface area (Å²) in [5.74, 6) is 1.28. The van der Waals surface area contributed by atoms with E-state index in [0.717, 1.165) is 44.6 Å². The predicted molar refractivity (Wildman–Crippen MR) is 87.9 cm³/mol. The summed E-state index contributed by atoms with van der Waals surface area (Å²) in [4.78, 5) is 13.9. The fraction of sp³-hybridized carbons (Fsp3) is 0.588. The first-order chi connectivity index (χ1) is 11.2. The van der Waals surface area contributed by atoms with E-state index in [9.17, 15) is 4.79 Å². The molecule has 1 heterocycles. The monoisotopic (exact) mass is 322 g/mol. The fourth-order valence-corrected chi connectivity index (χ4v) is 2.55. The van der Waals surface area contributed by atoms with Gasteiger partial charge in [0.15, 0.2) is 18.1 Å². The summed E-state index contributed by atoms with van der Waals surface area (Å²) in [5.41, 5.74) is 1.09. The van der Waals surface area contributed by atoms with Gasteiger partial charge in [0.25, 0.3) is 5.91 Å². The van der Waals surface area contributed by atoms with Crippen molar-refractivity contribution in [2.24, 2.45) is 0 Å². The van der Waals surface area contributed by atoms with E-state index < -0.39 is 0 Å². The first kappa shape index (κ1) is 17.6. The molecule has 1 fully saturated rings. The minimum absolute atomic E-state index is 0.0369. The van der Waals surface area contributed by atoms with Crippen LogP contribution in [-0.2, 0) is 16.1 Å². The van der Waals surface area contributed by atoms with Crippen LogP contribution in [0.25, 0.3) is 0 Å². The number of benzene rings is 1. The standard InChI is InChI=1S/C17H26N2O4/c1-21-10-7-18-12-14-5-6-15(16(11-14)22-2)23-13-17(20)19-8-3-4-9-19/h5-6,11,18H,3-4,7-10,12-13H2,1-2H3. The zero-order valence-electron chi connectivity index (χ0n) is 14.0. The molecule has 6 heteroatoms.